The molecule has 0 heterocycles. The second kappa shape index (κ2) is 6.72. The van der Waals surface area contributed by atoms with Gasteiger partial charge in [-0.25, -0.2) is 8.78 Å². The van der Waals surface area contributed by atoms with Crippen molar-refractivity contribution in [2.24, 2.45) is 0 Å². The Kier molecular flexibility index (Phi) is 6.81. The molecule has 0 saturated carbocycles. The van der Waals surface area contributed by atoms with Crippen molar-refractivity contribution in [3.8, 4) is 0 Å². The van der Waals surface area contributed by atoms with Gasteiger partial charge in [0.15, 0.2) is 0 Å². The molecule has 0 rings (SSSR count). The number of hydrogen-bond acceptors (Lipinski definition) is 1. The van der Waals surface area contributed by atoms with Gasteiger partial charge in [-0.15, -0.1) is 11.8 Å². The van der Waals surface area contributed by atoms with Crippen LogP contribution in [0.15, 0.2) is 0 Å². The van der Waals surface area contributed by atoms with E-state index in [1.54, 1.807) is 0 Å². The zero-order valence-corrected chi connectivity index (χ0v) is 11.2. The highest BCUT2D eigenvalue weighted by atomic mass is 32.2. The third-order valence-corrected chi connectivity index (χ3v) is 4.23. The monoisotopic (exact) mass is 238 g/mol. The normalized spacial score (nSPS) is 19.6. The summed E-state index contributed by atoms with van der Waals surface area (Å²) in [5.74, 6) is 0. The van der Waals surface area contributed by atoms with Gasteiger partial charge in [-0.2, -0.15) is 0 Å². The molecule has 92 valence electrons. The summed E-state index contributed by atoms with van der Waals surface area (Å²) in [5.41, 5.74) is 0. The predicted molar refractivity (Wildman–Crippen MR) is 66.2 cm³/mol. The first-order chi connectivity index (χ1) is 6.95. The van der Waals surface area contributed by atoms with Crippen LogP contribution >= 0.6 is 11.8 Å². The van der Waals surface area contributed by atoms with E-state index in [9.17, 15) is 8.78 Å². The third kappa shape index (κ3) is 5.19. The van der Waals surface area contributed by atoms with Crippen molar-refractivity contribution in [3.63, 3.8) is 0 Å². The maximum absolute atomic E-state index is 13.0. The fraction of sp³-hybridized carbons (Fsp3) is 1.00. The van der Waals surface area contributed by atoms with Gasteiger partial charge in [0.05, 0.1) is 0 Å². The van der Waals surface area contributed by atoms with Crippen LogP contribution in [0.2, 0.25) is 0 Å². The molecule has 0 spiro atoms. The molecule has 0 fully saturated rings. The van der Waals surface area contributed by atoms with Gasteiger partial charge in [0.1, 0.15) is 13.3 Å². The first kappa shape index (κ1) is 15.2. The molecule has 2 atom stereocenters. The van der Waals surface area contributed by atoms with Crippen LogP contribution < -0.4 is 0 Å². The molecule has 2 unspecified atom stereocenters. The Bertz CT molecular complexity index is 157. The van der Waals surface area contributed by atoms with Crippen LogP contribution in [0.4, 0.5) is 8.78 Å². The Morgan fingerprint density at radius 1 is 0.867 bits per heavy atom. The van der Waals surface area contributed by atoms with Crippen LogP contribution in [0.25, 0.3) is 0 Å². The molecule has 0 aliphatic heterocycles. The minimum Gasteiger partial charge on any atom is -0.250 e. The van der Waals surface area contributed by atoms with Crippen LogP contribution in [-0.2, 0) is 0 Å². The average Bonchev–Trinajstić information content (AvgIpc) is 2.18. The Hall–Kier alpha value is 0.210. The smallest absolute Gasteiger partial charge is 0.104 e. The van der Waals surface area contributed by atoms with Gasteiger partial charge in [-0.3, -0.25) is 0 Å². The number of rotatable bonds is 8. The van der Waals surface area contributed by atoms with E-state index in [1.807, 2.05) is 27.7 Å². The Balaban J connectivity index is 4.47. The molecule has 0 nitrogen and oxygen atoms in total. The topological polar surface area (TPSA) is 0 Å². The van der Waals surface area contributed by atoms with E-state index in [2.05, 4.69) is 0 Å². The van der Waals surface area contributed by atoms with Gasteiger partial charge in [-0.05, 0) is 26.7 Å². The van der Waals surface area contributed by atoms with Crippen LogP contribution in [0.3, 0.4) is 0 Å². The summed E-state index contributed by atoms with van der Waals surface area (Å²) in [6.07, 6.45) is 3.52. The van der Waals surface area contributed by atoms with Crippen molar-refractivity contribution in [1.82, 2.24) is 0 Å². The SMILES string of the molecule is CCCC(C)(CF)SC(C)(CF)CCC. The van der Waals surface area contributed by atoms with E-state index in [0.29, 0.717) is 0 Å². The van der Waals surface area contributed by atoms with Gasteiger partial charge in [0.25, 0.3) is 0 Å². The molecule has 0 radical (unpaired) electrons. The lowest BCUT2D eigenvalue weighted by atomic mass is 10.1. The van der Waals surface area contributed by atoms with Crippen LogP contribution in [0.1, 0.15) is 53.4 Å². The molecular weight excluding hydrogens is 214 g/mol. The minimum absolute atomic E-state index is 0.370. The quantitative estimate of drug-likeness (QED) is 0.586. The van der Waals surface area contributed by atoms with Gasteiger partial charge < -0.3 is 0 Å². The highest BCUT2D eigenvalue weighted by Gasteiger charge is 2.35. The van der Waals surface area contributed by atoms with Gasteiger partial charge in [0, 0.05) is 9.49 Å². The molecule has 0 aromatic carbocycles. The van der Waals surface area contributed by atoms with Crippen molar-refractivity contribution in [1.29, 1.82) is 0 Å². The zero-order valence-electron chi connectivity index (χ0n) is 10.4. The Labute approximate surface area is 97.2 Å². The molecule has 0 aliphatic carbocycles. The second-order valence-corrected chi connectivity index (χ2v) is 6.94. The molecule has 3 heteroatoms. The van der Waals surface area contributed by atoms with E-state index < -0.39 is 9.49 Å². The summed E-state index contributed by atoms with van der Waals surface area (Å²) < 4.78 is 25.2. The highest BCUT2D eigenvalue weighted by Crippen LogP contribution is 2.42. The third-order valence-electron chi connectivity index (χ3n) is 2.62. The van der Waals surface area contributed by atoms with E-state index in [-0.39, 0.29) is 13.3 Å². The maximum Gasteiger partial charge on any atom is 0.104 e. The molecule has 0 saturated heterocycles. The summed E-state index contributed by atoms with van der Waals surface area (Å²) in [4.78, 5) is 0. The first-order valence-electron chi connectivity index (χ1n) is 5.77. The largest absolute Gasteiger partial charge is 0.250 e. The van der Waals surface area contributed by atoms with E-state index in [4.69, 9.17) is 0 Å². The van der Waals surface area contributed by atoms with Gasteiger partial charge in [-0.1, -0.05) is 26.7 Å². The van der Waals surface area contributed by atoms with Crippen molar-refractivity contribution < 1.29 is 8.78 Å². The summed E-state index contributed by atoms with van der Waals surface area (Å²) in [6.45, 7) is 7.16. The van der Waals surface area contributed by atoms with Crippen molar-refractivity contribution in [2.45, 2.75) is 62.9 Å². The van der Waals surface area contributed by atoms with Crippen LogP contribution in [0.5, 0.6) is 0 Å². The van der Waals surface area contributed by atoms with Gasteiger partial charge in [0.2, 0.25) is 0 Å². The number of thioether (sulfide) groups is 1. The molecule has 0 aromatic rings. The summed E-state index contributed by atoms with van der Waals surface area (Å²) in [6, 6.07) is 0. The average molecular weight is 238 g/mol. The van der Waals surface area contributed by atoms with Crippen molar-refractivity contribution in [2.75, 3.05) is 13.3 Å². The maximum atomic E-state index is 13.0. The Morgan fingerprint density at radius 3 is 1.40 bits per heavy atom. The lowest BCUT2D eigenvalue weighted by Crippen LogP contribution is -2.34. The summed E-state index contributed by atoms with van der Waals surface area (Å²) in [7, 11) is 0. The first-order valence-corrected chi connectivity index (χ1v) is 6.59. The zero-order chi connectivity index (χ0) is 11.9. The van der Waals surface area contributed by atoms with Crippen molar-refractivity contribution >= 4 is 11.8 Å². The summed E-state index contributed by atoms with van der Waals surface area (Å²) >= 11 is 1.49. The molecule has 15 heavy (non-hydrogen) atoms. The number of hydrogen-bond donors (Lipinski definition) is 0. The standard InChI is InChI=1S/C12H24F2S/c1-5-7-11(3,9-13)15-12(4,10-14)8-6-2/h5-10H2,1-4H3. The van der Waals surface area contributed by atoms with E-state index in [1.165, 1.54) is 11.8 Å². The molecule has 0 amide bonds. The second-order valence-electron chi connectivity index (χ2n) is 4.77. The van der Waals surface area contributed by atoms with E-state index in [0.717, 1.165) is 25.7 Å². The molecule has 0 aliphatic rings. The molecular formula is C12H24F2S. The number of alkyl halides is 2. The van der Waals surface area contributed by atoms with E-state index >= 15 is 0 Å². The molecule has 0 N–H and O–H groups in total. The van der Waals surface area contributed by atoms with Crippen LogP contribution in [-0.4, -0.2) is 22.8 Å². The summed E-state index contributed by atoms with van der Waals surface area (Å²) in [5, 5.41) is 0. The fourth-order valence-corrected chi connectivity index (χ4v) is 3.85. The van der Waals surface area contributed by atoms with Crippen LogP contribution in [0, 0.1) is 0 Å². The lowest BCUT2D eigenvalue weighted by molar-refractivity contribution is 0.369. The lowest BCUT2D eigenvalue weighted by Gasteiger charge is -2.36. The highest BCUT2D eigenvalue weighted by molar-refractivity contribution is 8.02. The number of halogens is 2. The minimum atomic E-state index is -0.412. The Morgan fingerprint density at radius 2 is 1.20 bits per heavy atom. The molecule has 0 aromatic heterocycles. The molecule has 0 bridgehead atoms. The predicted octanol–water partition coefficient (Wildman–Crippen LogP) is 4.78. The van der Waals surface area contributed by atoms with Gasteiger partial charge >= 0.3 is 0 Å². The van der Waals surface area contributed by atoms with Crippen molar-refractivity contribution in [3.05, 3.63) is 0 Å². The fourth-order valence-electron chi connectivity index (χ4n) is 1.94.